The fourth-order valence-corrected chi connectivity index (χ4v) is 2.64. The number of carboxylic acids is 1. The molecular formula is C21H33N5O4. The predicted molar refractivity (Wildman–Crippen MR) is 116 cm³/mol. The second-order valence-electron chi connectivity index (χ2n) is 7.80. The van der Waals surface area contributed by atoms with Crippen LogP contribution in [0.2, 0.25) is 0 Å². The van der Waals surface area contributed by atoms with Gasteiger partial charge in [-0.05, 0) is 38.7 Å². The van der Waals surface area contributed by atoms with Crippen molar-refractivity contribution >= 4 is 23.7 Å². The fourth-order valence-electron chi connectivity index (χ4n) is 2.64. The second-order valence-corrected chi connectivity index (χ2v) is 7.80. The molecule has 30 heavy (non-hydrogen) atoms. The topological polar surface area (TPSA) is 160 Å². The zero-order valence-electron chi connectivity index (χ0n) is 17.7. The van der Waals surface area contributed by atoms with E-state index in [-0.39, 0.29) is 30.6 Å². The van der Waals surface area contributed by atoms with Crippen molar-refractivity contribution in [3.05, 3.63) is 35.9 Å². The Morgan fingerprint density at radius 3 is 2.40 bits per heavy atom. The lowest BCUT2D eigenvalue weighted by Gasteiger charge is -2.21. The number of aliphatic carboxylic acids is 1. The van der Waals surface area contributed by atoms with Gasteiger partial charge in [0.05, 0.1) is 5.41 Å². The zero-order chi connectivity index (χ0) is 22.6. The van der Waals surface area contributed by atoms with Gasteiger partial charge in [0.2, 0.25) is 11.8 Å². The molecule has 1 rings (SSSR count). The predicted octanol–water partition coefficient (Wildman–Crippen LogP) is 0.775. The number of carbonyl (C=O) groups is 3. The highest BCUT2D eigenvalue weighted by molar-refractivity contribution is 5.88. The minimum absolute atomic E-state index is 0.0242. The quantitative estimate of drug-likeness (QED) is 0.180. The van der Waals surface area contributed by atoms with Crippen LogP contribution in [0.1, 0.15) is 45.1 Å². The standard InChI is InChI=1S/C21H33N5O4/c1-21(2,19(29)30)11-10-17(27)26-16(14-15-8-4-3-5-9-15)18(28)24-12-6-7-13-25-20(22)23/h3-5,8-9,16H,6-7,10-14H2,1-2H3,(H,24,28)(H,26,27)(H,29,30)(H4,22,23,25). The van der Waals surface area contributed by atoms with Gasteiger partial charge in [-0.15, -0.1) is 0 Å². The van der Waals surface area contributed by atoms with Crippen LogP contribution in [-0.4, -0.2) is 48.0 Å². The molecular weight excluding hydrogens is 386 g/mol. The van der Waals surface area contributed by atoms with Crippen LogP contribution in [0, 0.1) is 5.41 Å². The van der Waals surface area contributed by atoms with E-state index in [9.17, 15) is 19.5 Å². The molecule has 9 nitrogen and oxygen atoms in total. The summed E-state index contributed by atoms with van der Waals surface area (Å²) in [5.41, 5.74) is 10.4. The lowest BCUT2D eigenvalue weighted by atomic mass is 9.88. The average molecular weight is 420 g/mol. The molecule has 0 spiro atoms. The smallest absolute Gasteiger partial charge is 0.309 e. The van der Waals surface area contributed by atoms with Gasteiger partial charge in [0.25, 0.3) is 0 Å². The number of nitrogens with one attached hydrogen (secondary N) is 2. The number of guanidine groups is 1. The minimum Gasteiger partial charge on any atom is -0.481 e. The molecule has 9 heteroatoms. The molecule has 0 saturated heterocycles. The highest BCUT2D eigenvalue weighted by Gasteiger charge is 2.28. The van der Waals surface area contributed by atoms with E-state index in [4.69, 9.17) is 11.5 Å². The van der Waals surface area contributed by atoms with E-state index in [1.54, 1.807) is 13.8 Å². The summed E-state index contributed by atoms with van der Waals surface area (Å²) in [5, 5.41) is 14.8. The third-order valence-electron chi connectivity index (χ3n) is 4.67. The van der Waals surface area contributed by atoms with Gasteiger partial charge in [-0.1, -0.05) is 30.3 Å². The van der Waals surface area contributed by atoms with E-state index in [2.05, 4.69) is 15.6 Å². The number of hydrogen-bond donors (Lipinski definition) is 5. The summed E-state index contributed by atoms with van der Waals surface area (Å²) < 4.78 is 0. The number of amides is 2. The minimum atomic E-state index is -1.01. The Morgan fingerprint density at radius 1 is 1.13 bits per heavy atom. The number of nitrogens with zero attached hydrogens (tertiary/aromatic N) is 1. The summed E-state index contributed by atoms with van der Waals surface area (Å²) in [4.78, 5) is 40.1. The first-order chi connectivity index (χ1) is 14.1. The number of nitrogens with two attached hydrogens (primary N) is 2. The Balaban J connectivity index is 2.63. The van der Waals surface area contributed by atoms with E-state index in [1.807, 2.05) is 30.3 Å². The van der Waals surface area contributed by atoms with Crippen molar-refractivity contribution in [2.75, 3.05) is 13.1 Å². The fraction of sp³-hybridized carbons (Fsp3) is 0.524. The van der Waals surface area contributed by atoms with Crippen molar-refractivity contribution in [3.63, 3.8) is 0 Å². The highest BCUT2D eigenvalue weighted by Crippen LogP contribution is 2.22. The Morgan fingerprint density at radius 2 is 1.80 bits per heavy atom. The SMILES string of the molecule is CC(C)(CCC(=O)NC(Cc1ccccc1)C(=O)NCCCCN=C(N)N)C(=O)O. The van der Waals surface area contributed by atoms with Crippen LogP contribution in [0.15, 0.2) is 35.3 Å². The first-order valence-corrected chi connectivity index (χ1v) is 10.0. The van der Waals surface area contributed by atoms with Crippen LogP contribution in [0.5, 0.6) is 0 Å². The van der Waals surface area contributed by atoms with Gasteiger partial charge in [-0.3, -0.25) is 19.4 Å². The van der Waals surface area contributed by atoms with E-state index in [0.29, 0.717) is 25.9 Å². The summed E-state index contributed by atoms with van der Waals surface area (Å²) in [6, 6.07) is 8.63. The number of carbonyl (C=O) groups excluding carboxylic acids is 2. The Labute approximate surface area is 177 Å². The van der Waals surface area contributed by atoms with Gasteiger partial charge in [0, 0.05) is 25.9 Å². The Kier molecular flexibility index (Phi) is 10.4. The first-order valence-electron chi connectivity index (χ1n) is 10.0. The van der Waals surface area contributed by atoms with Gasteiger partial charge in [-0.25, -0.2) is 0 Å². The molecule has 0 radical (unpaired) electrons. The van der Waals surface area contributed by atoms with E-state index in [0.717, 1.165) is 12.0 Å². The molecule has 166 valence electrons. The molecule has 0 bridgehead atoms. The number of carboxylic acid groups (broad SMARTS) is 1. The summed E-state index contributed by atoms with van der Waals surface area (Å²) in [5.74, 6) is -1.56. The van der Waals surface area contributed by atoms with Crippen molar-refractivity contribution in [2.24, 2.45) is 21.9 Å². The molecule has 0 aliphatic carbocycles. The third-order valence-corrected chi connectivity index (χ3v) is 4.67. The van der Waals surface area contributed by atoms with Crippen LogP contribution >= 0.6 is 0 Å². The van der Waals surface area contributed by atoms with Crippen LogP contribution in [0.4, 0.5) is 0 Å². The molecule has 0 saturated carbocycles. The van der Waals surface area contributed by atoms with Crippen molar-refractivity contribution < 1.29 is 19.5 Å². The maximum atomic E-state index is 12.6. The summed E-state index contributed by atoms with van der Waals surface area (Å²) in [6.45, 7) is 4.06. The van der Waals surface area contributed by atoms with Crippen LogP contribution in [-0.2, 0) is 20.8 Å². The van der Waals surface area contributed by atoms with E-state index in [1.165, 1.54) is 0 Å². The van der Waals surface area contributed by atoms with Crippen molar-refractivity contribution in [2.45, 2.75) is 52.0 Å². The zero-order valence-corrected chi connectivity index (χ0v) is 17.7. The summed E-state index contributed by atoms with van der Waals surface area (Å²) >= 11 is 0. The Bertz CT molecular complexity index is 730. The second kappa shape index (κ2) is 12.5. The molecule has 0 aromatic heterocycles. The molecule has 0 aliphatic heterocycles. The van der Waals surface area contributed by atoms with Gasteiger partial charge in [0.15, 0.2) is 5.96 Å². The van der Waals surface area contributed by atoms with Gasteiger partial charge < -0.3 is 27.2 Å². The molecule has 1 unspecified atom stereocenters. The molecule has 0 aliphatic rings. The lowest BCUT2D eigenvalue weighted by molar-refractivity contribution is -0.147. The van der Waals surface area contributed by atoms with Gasteiger partial charge >= 0.3 is 5.97 Å². The van der Waals surface area contributed by atoms with Crippen molar-refractivity contribution in [1.82, 2.24) is 10.6 Å². The highest BCUT2D eigenvalue weighted by atomic mass is 16.4. The molecule has 0 heterocycles. The number of benzene rings is 1. The number of rotatable bonds is 13. The first kappa shape index (κ1) is 24.9. The molecule has 1 aromatic carbocycles. The maximum Gasteiger partial charge on any atom is 0.309 e. The largest absolute Gasteiger partial charge is 0.481 e. The van der Waals surface area contributed by atoms with E-state index < -0.39 is 17.4 Å². The number of aliphatic imine (C=N–C) groups is 1. The Hall–Kier alpha value is -3.10. The molecule has 2 amide bonds. The van der Waals surface area contributed by atoms with Crippen molar-refractivity contribution in [1.29, 1.82) is 0 Å². The molecule has 7 N–H and O–H groups in total. The van der Waals surface area contributed by atoms with Gasteiger partial charge in [0.1, 0.15) is 6.04 Å². The van der Waals surface area contributed by atoms with Crippen LogP contribution < -0.4 is 22.1 Å². The van der Waals surface area contributed by atoms with Gasteiger partial charge in [-0.2, -0.15) is 0 Å². The normalized spacial score (nSPS) is 11.9. The number of unbranched alkanes of at least 4 members (excludes halogenated alkanes) is 1. The van der Waals surface area contributed by atoms with Crippen LogP contribution in [0.3, 0.4) is 0 Å². The number of hydrogen-bond acceptors (Lipinski definition) is 4. The van der Waals surface area contributed by atoms with E-state index >= 15 is 0 Å². The average Bonchev–Trinajstić information content (AvgIpc) is 2.69. The summed E-state index contributed by atoms with van der Waals surface area (Å²) in [7, 11) is 0. The molecule has 0 fully saturated rings. The van der Waals surface area contributed by atoms with Crippen molar-refractivity contribution in [3.8, 4) is 0 Å². The monoisotopic (exact) mass is 419 g/mol. The lowest BCUT2D eigenvalue weighted by Crippen LogP contribution is -2.48. The van der Waals surface area contributed by atoms with Crippen LogP contribution in [0.25, 0.3) is 0 Å². The summed E-state index contributed by atoms with van der Waals surface area (Å²) in [6.07, 6.45) is 1.96. The molecule has 1 aromatic rings. The third kappa shape index (κ3) is 9.90. The maximum absolute atomic E-state index is 12.6. The molecule has 1 atom stereocenters.